The lowest BCUT2D eigenvalue weighted by molar-refractivity contribution is 0.625. The van der Waals surface area contributed by atoms with Gasteiger partial charge in [0.1, 0.15) is 5.82 Å². The molecule has 2 aromatic rings. The summed E-state index contributed by atoms with van der Waals surface area (Å²) >= 11 is 0. The molecular formula is C14H16FN3. The zero-order chi connectivity index (χ0) is 12.5. The second kappa shape index (κ2) is 4.53. The fraction of sp³-hybridized carbons (Fsp3) is 0.357. The zero-order valence-corrected chi connectivity index (χ0v) is 10.4. The standard InChI is InChI=1S/C14H16FN3/c1-18-14(6-7-17-18)12-8-10(2-5-13(12)15)9-16-11-3-4-11/h2,5-8,11,16H,3-4,9H2,1H3. The molecule has 0 radical (unpaired) electrons. The number of hydrogen-bond acceptors (Lipinski definition) is 2. The van der Waals surface area contributed by atoms with Gasteiger partial charge in [0.05, 0.1) is 5.69 Å². The Kier molecular flexibility index (Phi) is 2.88. The summed E-state index contributed by atoms with van der Waals surface area (Å²) in [6, 6.07) is 7.77. The molecule has 1 aromatic heterocycles. The van der Waals surface area contributed by atoms with Gasteiger partial charge < -0.3 is 5.32 Å². The van der Waals surface area contributed by atoms with Gasteiger partial charge >= 0.3 is 0 Å². The van der Waals surface area contributed by atoms with Gasteiger partial charge in [-0.15, -0.1) is 0 Å². The summed E-state index contributed by atoms with van der Waals surface area (Å²) < 4.78 is 15.6. The molecule has 1 N–H and O–H groups in total. The third-order valence-electron chi connectivity index (χ3n) is 3.30. The lowest BCUT2D eigenvalue weighted by Gasteiger charge is -2.08. The van der Waals surface area contributed by atoms with Crippen molar-refractivity contribution in [3.05, 3.63) is 41.8 Å². The van der Waals surface area contributed by atoms with Crippen molar-refractivity contribution in [2.24, 2.45) is 7.05 Å². The molecule has 3 rings (SSSR count). The van der Waals surface area contributed by atoms with E-state index in [1.807, 2.05) is 25.2 Å². The van der Waals surface area contributed by atoms with Gasteiger partial charge in [0.15, 0.2) is 0 Å². The number of halogens is 1. The predicted molar refractivity (Wildman–Crippen MR) is 68.5 cm³/mol. The summed E-state index contributed by atoms with van der Waals surface area (Å²) in [5.41, 5.74) is 2.53. The van der Waals surface area contributed by atoms with E-state index in [4.69, 9.17) is 0 Å². The van der Waals surface area contributed by atoms with Crippen molar-refractivity contribution in [1.29, 1.82) is 0 Å². The van der Waals surface area contributed by atoms with Crippen LogP contribution in [0.25, 0.3) is 11.3 Å². The number of benzene rings is 1. The van der Waals surface area contributed by atoms with Crippen LogP contribution in [0.1, 0.15) is 18.4 Å². The molecule has 1 aromatic carbocycles. The van der Waals surface area contributed by atoms with Crippen LogP contribution in [0.4, 0.5) is 4.39 Å². The Morgan fingerprint density at radius 3 is 2.89 bits per heavy atom. The summed E-state index contributed by atoms with van der Waals surface area (Å²) in [4.78, 5) is 0. The van der Waals surface area contributed by atoms with Gasteiger partial charge in [-0.05, 0) is 36.6 Å². The fourth-order valence-corrected chi connectivity index (χ4v) is 2.07. The van der Waals surface area contributed by atoms with Crippen LogP contribution >= 0.6 is 0 Å². The second-order valence-electron chi connectivity index (χ2n) is 4.81. The molecule has 94 valence electrons. The Morgan fingerprint density at radius 1 is 1.39 bits per heavy atom. The van der Waals surface area contributed by atoms with E-state index in [0.717, 1.165) is 17.8 Å². The zero-order valence-electron chi connectivity index (χ0n) is 10.4. The highest BCUT2D eigenvalue weighted by atomic mass is 19.1. The van der Waals surface area contributed by atoms with Gasteiger partial charge in [0.25, 0.3) is 0 Å². The molecule has 18 heavy (non-hydrogen) atoms. The van der Waals surface area contributed by atoms with Crippen molar-refractivity contribution < 1.29 is 4.39 Å². The number of hydrogen-bond donors (Lipinski definition) is 1. The average molecular weight is 245 g/mol. The van der Waals surface area contributed by atoms with Crippen molar-refractivity contribution in [2.75, 3.05) is 0 Å². The van der Waals surface area contributed by atoms with E-state index in [2.05, 4.69) is 10.4 Å². The van der Waals surface area contributed by atoms with E-state index < -0.39 is 0 Å². The van der Waals surface area contributed by atoms with E-state index in [9.17, 15) is 4.39 Å². The minimum absolute atomic E-state index is 0.200. The van der Waals surface area contributed by atoms with Gasteiger partial charge in [-0.25, -0.2) is 4.39 Å². The molecule has 0 bridgehead atoms. The van der Waals surface area contributed by atoms with Crippen LogP contribution in [-0.4, -0.2) is 15.8 Å². The minimum Gasteiger partial charge on any atom is -0.310 e. The first-order valence-corrected chi connectivity index (χ1v) is 6.24. The van der Waals surface area contributed by atoms with Crippen molar-refractivity contribution in [2.45, 2.75) is 25.4 Å². The number of rotatable bonds is 4. The number of aryl methyl sites for hydroxylation is 1. The first-order valence-electron chi connectivity index (χ1n) is 6.24. The highest BCUT2D eigenvalue weighted by Crippen LogP contribution is 2.24. The molecule has 1 heterocycles. The Bertz CT molecular complexity index is 558. The van der Waals surface area contributed by atoms with Crippen LogP contribution in [0.5, 0.6) is 0 Å². The maximum atomic E-state index is 13.9. The largest absolute Gasteiger partial charge is 0.310 e. The van der Waals surface area contributed by atoms with Crippen molar-refractivity contribution in [3.63, 3.8) is 0 Å². The summed E-state index contributed by atoms with van der Waals surface area (Å²) in [5, 5.41) is 7.52. The molecule has 1 aliphatic carbocycles. The van der Waals surface area contributed by atoms with Crippen LogP contribution in [0, 0.1) is 5.82 Å². The lowest BCUT2D eigenvalue weighted by atomic mass is 10.1. The Labute approximate surface area is 106 Å². The minimum atomic E-state index is -0.200. The van der Waals surface area contributed by atoms with Crippen LogP contribution in [0.15, 0.2) is 30.5 Å². The van der Waals surface area contributed by atoms with E-state index >= 15 is 0 Å². The van der Waals surface area contributed by atoms with E-state index in [-0.39, 0.29) is 5.82 Å². The first kappa shape index (κ1) is 11.4. The number of nitrogens with zero attached hydrogens (tertiary/aromatic N) is 2. The molecule has 0 unspecified atom stereocenters. The lowest BCUT2D eigenvalue weighted by Crippen LogP contribution is -2.15. The molecule has 0 saturated heterocycles. The second-order valence-corrected chi connectivity index (χ2v) is 4.81. The van der Waals surface area contributed by atoms with Crippen LogP contribution in [0.3, 0.4) is 0 Å². The van der Waals surface area contributed by atoms with Gasteiger partial charge in [-0.1, -0.05) is 6.07 Å². The molecule has 0 amide bonds. The summed E-state index contributed by atoms with van der Waals surface area (Å²) in [6.07, 6.45) is 4.20. The molecule has 4 heteroatoms. The van der Waals surface area contributed by atoms with Gasteiger partial charge in [-0.2, -0.15) is 5.10 Å². The van der Waals surface area contributed by atoms with Crippen molar-refractivity contribution in [3.8, 4) is 11.3 Å². The van der Waals surface area contributed by atoms with Gasteiger partial charge in [-0.3, -0.25) is 4.68 Å². The summed E-state index contributed by atoms with van der Waals surface area (Å²) in [6.45, 7) is 0.801. The molecule has 0 atom stereocenters. The molecule has 0 aliphatic heterocycles. The Hall–Kier alpha value is -1.68. The smallest absolute Gasteiger partial charge is 0.132 e. The maximum Gasteiger partial charge on any atom is 0.132 e. The summed E-state index contributed by atoms with van der Waals surface area (Å²) in [7, 11) is 1.82. The predicted octanol–water partition coefficient (Wildman–Crippen LogP) is 2.48. The highest BCUT2D eigenvalue weighted by molar-refractivity contribution is 5.61. The third-order valence-corrected chi connectivity index (χ3v) is 3.30. The first-order chi connectivity index (χ1) is 8.74. The molecular weight excluding hydrogens is 229 g/mol. The van der Waals surface area contributed by atoms with Crippen LogP contribution < -0.4 is 5.32 Å². The van der Waals surface area contributed by atoms with Gasteiger partial charge in [0.2, 0.25) is 0 Å². The van der Waals surface area contributed by atoms with Gasteiger partial charge in [0, 0.05) is 31.4 Å². The molecule has 1 fully saturated rings. The topological polar surface area (TPSA) is 29.9 Å². The third kappa shape index (κ3) is 2.29. The Morgan fingerprint density at radius 2 is 2.22 bits per heavy atom. The van der Waals surface area contributed by atoms with Crippen LogP contribution in [-0.2, 0) is 13.6 Å². The van der Waals surface area contributed by atoms with E-state index in [1.165, 1.54) is 18.9 Å². The monoisotopic (exact) mass is 245 g/mol. The normalized spacial score (nSPS) is 15.0. The molecule has 0 spiro atoms. The quantitative estimate of drug-likeness (QED) is 0.896. The maximum absolute atomic E-state index is 13.9. The molecule has 3 nitrogen and oxygen atoms in total. The van der Waals surface area contributed by atoms with E-state index in [1.54, 1.807) is 10.9 Å². The van der Waals surface area contributed by atoms with E-state index in [0.29, 0.717) is 11.6 Å². The average Bonchev–Trinajstić information content (AvgIpc) is 3.10. The summed E-state index contributed by atoms with van der Waals surface area (Å²) in [5.74, 6) is -0.200. The number of nitrogens with one attached hydrogen (secondary N) is 1. The van der Waals surface area contributed by atoms with Crippen LogP contribution in [0.2, 0.25) is 0 Å². The molecule has 1 saturated carbocycles. The highest BCUT2D eigenvalue weighted by Gasteiger charge is 2.20. The fourth-order valence-electron chi connectivity index (χ4n) is 2.07. The molecule has 1 aliphatic rings. The number of aromatic nitrogens is 2. The van der Waals surface area contributed by atoms with Crippen molar-refractivity contribution in [1.82, 2.24) is 15.1 Å². The SMILES string of the molecule is Cn1nccc1-c1cc(CNC2CC2)ccc1F. The van der Waals surface area contributed by atoms with Crippen molar-refractivity contribution >= 4 is 0 Å². The Balaban J connectivity index is 1.87.